The van der Waals surface area contributed by atoms with Gasteiger partial charge in [-0.3, -0.25) is 0 Å². The van der Waals surface area contributed by atoms with Gasteiger partial charge in [-0.25, -0.2) is 4.79 Å². The van der Waals surface area contributed by atoms with E-state index in [-0.39, 0.29) is 11.8 Å². The number of hydrogen-bond donors (Lipinski definition) is 2. The summed E-state index contributed by atoms with van der Waals surface area (Å²) >= 11 is 1.71. The van der Waals surface area contributed by atoms with Gasteiger partial charge in [-0.05, 0) is 53.6 Å². The summed E-state index contributed by atoms with van der Waals surface area (Å²) in [7, 11) is 0. The van der Waals surface area contributed by atoms with Gasteiger partial charge in [-0.2, -0.15) is 0 Å². The Morgan fingerprint density at radius 1 is 1.14 bits per heavy atom. The van der Waals surface area contributed by atoms with Gasteiger partial charge < -0.3 is 14.8 Å². The molecule has 0 saturated heterocycles. The van der Waals surface area contributed by atoms with Crippen molar-refractivity contribution < 1.29 is 9.52 Å². The third-order valence-corrected chi connectivity index (χ3v) is 6.20. The van der Waals surface area contributed by atoms with Crippen molar-refractivity contribution in [2.45, 2.75) is 32.9 Å². The first-order valence-electron chi connectivity index (χ1n) is 9.67. The molecule has 5 heteroatoms. The maximum Gasteiger partial charge on any atom is 0.336 e. The highest BCUT2D eigenvalue weighted by atomic mass is 32.1. The molecule has 2 heterocycles. The summed E-state index contributed by atoms with van der Waals surface area (Å²) in [5.41, 5.74) is 3.95. The minimum absolute atomic E-state index is 0.0291. The molecule has 0 aliphatic heterocycles. The molecule has 4 rings (SSSR count). The number of thiophene rings is 1. The zero-order chi connectivity index (χ0) is 20.4. The van der Waals surface area contributed by atoms with E-state index >= 15 is 0 Å². The highest BCUT2D eigenvalue weighted by Gasteiger charge is 2.17. The SMILES string of the molecule is CCc1ccc([C@@H](NCc2cc(=O)oc3c(C)c(O)ccc23)c2cccs2)cc1. The van der Waals surface area contributed by atoms with Crippen molar-refractivity contribution in [1.82, 2.24) is 5.32 Å². The minimum atomic E-state index is -0.414. The fraction of sp³-hybridized carbons (Fsp3) is 0.208. The average molecular weight is 406 g/mol. The molecule has 4 aromatic rings. The Kier molecular flexibility index (Phi) is 5.51. The van der Waals surface area contributed by atoms with Gasteiger partial charge in [0, 0.05) is 28.4 Å². The minimum Gasteiger partial charge on any atom is -0.508 e. The quantitative estimate of drug-likeness (QED) is 0.427. The van der Waals surface area contributed by atoms with Crippen LogP contribution in [0.4, 0.5) is 0 Å². The molecule has 0 fully saturated rings. The molecule has 0 bridgehead atoms. The highest BCUT2D eigenvalue weighted by Crippen LogP contribution is 2.30. The molecule has 0 aliphatic rings. The zero-order valence-corrected chi connectivity index (χ0v) is 17.3. The fourth-order valence-electron chi connectivity index (χ4n) is 3.56. The van der Waals surface area contributed by atoms with Crippen LogP contribution in [0.5, 0.6) is 5.75 Å². The van der Waals surface area contributed by atoms with Crippen LogP contribution in [0.2, 0.25) is 0 Å². The highest BCUT2D eigenvalue weighted by molar-refractivity contribution is 7.10. The maximum absolute atomic E-state index is 12.1. The summed E-state index contributed by atoms with van der Waals surface area (Å²) in [6.45, 7) is 4.40. The number of aromatic hydroxyl groups is 1. The van der Waals surface area contributed by atoms with Gasteiger partial charge in [0.2, 0.25) is 0 Å². The second kappa shape index (κ2) is 8.23. The summed E-state index contributed by atoms with van der Waals surface area (Å²) in [5.74, 6) is 0.123. The molecule has 0 radical (unpaired) electrons. The van der Waals surface area contributed by atoms with Gasteiger partial charge in [-0.1, -0.05) is 37.3 Å². The molecule has 29 heavy (non-hydrogen) atoms. The maximum atomic E-state index is 12.1. The molecule has 0 aliphatic carbocycles. The summed E-state index contributed by atoms with van der Waals surface area (Å²) in [6, 6.07) is 17.8. The van der Waals surface area contributed by atoms with E-state index in [1.165, 1.54) is 22.1 Å². The van der Waals surface area contributed by atoms with Crippen LogP contribution in [0, 0.1) is 6.92 Å². The Bertz CT molecular complexity index is 1180. The van der Waals surface area contributed by atoms with Gasteiger partial charge in [0.25, 0.3) is 0 Å². The Hall–Kier alpha value is -2.89. The molecule has 0 spiro atoms. The standard InChI is InChI=1S/C24H23NO3S/c1-3-16-6-8-17(9-7-16)23(21-5-4-12-29-21)25-14-18-13-22(27)28-24-15(2)20(26)11-10-19(18)24/h4-13,23,25-26H,3,14H2,1-2H3/t23-/m1/s1. The molecular formula is C24H23NO3S. The third-order valence-electron chi connectivity index (χ3n) is 5.26. The number of rotatable bonds is 6. The van der Waals surface area contributed by atoms with Crippen LogP contribution in [0.25, 0.3) is 11.0 Å². The fourth-order valence-corrected chi connectivity index (χ4v) is 4.38. The molecule has 0 saturated carbocycles. The number of fused-ring (bicyclic) bond motifs is 1. The molecule has 2 N–H and O–H groups in total. The Morgan fingerprint density at radius 3 is 2.62 bits per heavy atom. The van der Waals surface area contributed by atoms with Crippen LogP contribution < -0.4 is 10.9 Å². The van der Waals surface area contributed by atoms with Crippen molar-refractivity contribution in [3.05, 3.63) is 97.5 Å². The molecule has 0 amide bonds. The third kappa shape index (κ3) is 3.97. The summed E-state index contributed by atoms with van der Waals surface area (Å²) in [6.07, 6.45) is 1.01. The first-order chi connectivity index (χ1) is 14.1. The number of aryl methyl sites for hydroxylation is 2. The molecule has 2 aromatic carbocycles. The van der Waals surface area contributed by atoms with Crippen molar-refractivity contribution in [2.24, 2.45) is 0 Å². The van der Waals surface area contributed by atoms with E-state index in [0.29, 0.717) is 17.7 Å². The van der Waals surface area contributed by atoms with E-state index in [1.54, 1.807) is 30.4 Å². The summed E-state index contributed by atoms with van der Waals surface area (Å²) in [4.78, 5) is 13.3. The van der Waals surface area contributed by atoms with Crippen molar-refractivity contribution in [3.8, 4) is 5.75 Å². The lowest BCUT2D eigenvalue weighted by atomic mass is 10.0. The number of phenols is 1. The van der Waals surface area contributed by atoms with Gasteiger partial charge in [0.05, 0.1) is 6.04 Å². The zero-order valence-electron chi connectivity index (χ0n) is 16.4. The molecule has 148 valence electrons. The second-order valence-corrected chi connectivity index (χ2v) is 8.08. The van der Waals surface area contributed by atoms with E-state index in [9.17, 15) is 9.90 Å². The predicted molar refractivity (Wildman–Crippen MR) is 118 cm³/mol. The molecule has 1 atom stereocenters. The van der Waals surface area contributed by atoms with Crippen LogP contribution in [0.3, 0.4) is 0 Å². The van der Waals surface area contributed by atoms with Gasteiger partial charge in [0.1, 0.15) is 11.3 Å². The first-order valence-corrected chi connectivity index (χ1v) is 10.6. The number of phenolic OH excluding ortho intramolecular Hbond substituents is 1. The van der Waals surface area contributed by atoms with E-state index in [4.69, 9.17) is 4.42 Å². The van der Waals surface area contributed by atoms with Crippen LogP contribution in [0.15, 0.2) is 69.2 Å². The predicted octanol–water partition coefficient (Wildman–Crippen LogP) is 5.31. The van der Waals surface area contributed by atoms with Crippen LogP contribution in [-0.2, 0) is 13.0 Å². The summed E-state index contributed by atoms with van der Waals surface area (Å²) < 4.78 is 5.36. The number of hydrogen-bond acceptors (Lipinski definition) is 5. The van der Waals surface area contributed by atoms with Gasteiger partial charge >= 0.3 is 5.63 Å². The van der Waals surface area contributed by atoms with E-state index in [2.05, 4.69) is 48.0 Å². The normalized spacial score (nSPS) is 12.3. The van der Waals surface area contributed by atoms with Crippen molar-refractivity contribution >= 4 is 22.3 Å². The topological polar surface area (TPSA) is 62.5 Å². The van der Waals surface area contributed by atoms with E-state index in [1.807, 2.05) is 6.07 Å². The number of nitrogens with one attached hydrogen (secondary N) is 1. The van der Waals surface area contributed by atoms with Gasteiger partial charge in [0.15, 0.2) is 0 Å². The lowest BCUT2D eigenvalue weighted by molar-refractivity contribution is 0.468. The lowest BCUT2D eigenvalue weighted by Crippen LogP contribution is -2.22. The Balaban J connectivity index is 1.69. The van der Waals surface area contributed by atoms with E-state index < -0.39 is 5.63 Å². The Morgan fingerprint density at radius 2 is 1.93 bits per heavy atom. The molecular weight excluding hydrogens is 382 g/mol. The molecule has 2 aromatic heterocycles. The lowest BCUT2D eigenvalue weighted by Gasteiger charge is -2.19. The van der Waals surface area contributed by atoms with Crippen molar-refractivity contribution in [2.75, 3.05) is 0 Å². The Labute approximate surface area is 173 Å². The molecule has 0 unspecified atom stereocenters. The average Bonchev–Trinajstić information content (AvgIpc) is 3.26. The van der Waals surface area contributed by atoms with E-state index in [0.717, 1.165) is 17.4 Å². The molecule has 4 nitrogen and oxygen atoms in total. The largest absolute Gasteiger partial charge is 0.508 e. The monoisotopic (exact) mass is 405 g/mol. The van der Waals surface area contributed by atoms with Gasteiger partial charge in [-0.15, -0.1) is 11.3 Å². The van der Waals surface area contributed by atoms with Crippen molar-refractivity contribution in [3.63, 3.8) is 0 Å². The van der Waals surface area contributed by atoms with Crippen molar-refractivity contribution in [1.29, 1.82) is 0 Å². The number of benzene rings is 2. The first kappa shape index (κ1) is 19.4. The second-order valence-electron chi connectivity index (χ2n) is 7.10. The smallest absolute Gasteiger partial charge is 0.336 e. The van der Waals surface area contributed by atoms with Crippen LogP contribution in [-0.4, -0.2) is 5.11 Å². The van der Waals surface area contributed by atoms with Crippen LogP contribution >= 0.6 is 11.3 Å². The summed E-state index contributed by atoms with van der Waals surface area (Å²) in [5, 5.41) is 16.5. The van der Waals surface area contributed by atoms with Crippen LogP contribution in [0.1, 0.15) is 40.1 Å².